The molecule has 3 heterocycles. The molecule has 6 atom stereocenters. The van der Waals surface area contributed by atoms with Gasteiger partial charge in [0.2, 0.25) is 12.2 Å². The van der Waals surface area contributed by atoms with Gasteiger partial charge in [0.1, 0.15) is 18.4 Å². The van der Waals surface area contributed by atoms with E-state index >= 15 is 0 Å². The zero-order valence-corrected chi connectivity index (χ0v) is 19.1. The molecule has 6 unspecified atom stereocenters. The molecule has 4 amide bonds. The Balaban J connectivity index is 1.83. The lowest BCUT2D eigenvalue weighted by Gasteiger charge is -2.50. The molecular weight excluding hydrogens is 452 g/mol. The van der Waals surface area contributed by atoms with Gasteiger partial charge in [0, 0.05) is 12.5 Å². The summed E-state index contributed by atoms with van der Waals surface area (Å²) in [4.78, 5) is 51.3. The molecule has 0 bridgehead atoms. The van der Waals surface area contributed by atoms with Crippen LogP contribution in [-0.4, -0.2) is 109 Å². The summed E-state index contributed by atoms with van der Waals surface area (Å²) >= 11 is 0. The molecule has 188 valence electrons. The van der Waals surface area contributed by atoms with Crippen LogP contribution >= 0.6 is 0 Å². The van der Waals surface area contributed by atoms with Gasteiger partial charge in [-0.1, -0.05) is 13.8 Å². The standard InChI is InChI=1S/C20H30N6O8/c1-4-11-14-17(26(14)18(30)23-16(11)22-12(28)8-27)24(3)15-10(2)5-6-25(20(15,33)34)13(29)7-19(31,32)9-21/h8,10-11,14-17,31-34H,4-7H2,1-3H3,(H,22,28)(H,23,30). The van der Waals surface area contributed by atoms with E-state index in [0.717, 1.165) is 0 Å². The van der Waals surface area contributed by atoms with Crippen LogP contribution in [0.4, 0.5) is 4.79 Å². The topological polar surface area (TPSA) is 207 Å². The van der Waals surface area contributed by atoms with Crippen LogP contribution in [0, 0.1) is 23.2 Å². The van der Waals surface area contributed by atoms with Crippen molar-refractivity contribution < 1.29 is 39.6 Å². The van der Waals surface area contributed by atoms with Gasteiger partial charge in [0.05, 0.1) is 18.5 Å². The van der Waals surface area contributed by atoms with Crippen molar-refractivity contribution in [2.24, 2.45) is 11.8 Å². The Labute approximate surface area is 195 Å². The average Bonchev–Trinajstić information content (AvgIpc) is 3.49. The maximum absolute atomic E-state index is 12.7. The number of rotatable bonds is 7. The molecule has 0 aromatic carbocycles. The molecule has 0 aromatic rings. The monoisotopic (exact) mass is 482 g/mol. The molecule has 0 saturated carbocycles. The summed E-state index contributed by atoms with van der Waals surface area (Å²) in [7, 11) is 1.58. The fraction of sp³-hybridized carbons (Fsp3) is 0.750. The number of amides is 4. The van der Waals surface area contributed by atoms with E-state index < -0.39 is 60.4 Å². The maximum Gasteiger partial charge on any atom is 0.320 e. The zero-order valence-electron chi connectivity index (χ0n) is 19.1. The number of carbonyl (C=O) groups excluding carboxylic acids is 4. The number of aldehydes is 1. The first-order valence-corrected chi connectivity index (χ1v) is 11.0. The van der Waals surface area contributed by atoms with Crippen molar-refractivity contribution in [2.45, 2.75) is 69.2 Å². The summed E-state index contributed by atoms with van der Waals surface area (Å²) in [5.74, 6) is -8.21. The van der Waals surface area contributed by atoms with E-state index in [4.69, 9.17) is 5.26 Å². The van der Waals surface area contributed by atoms with E-state index in [9.17, 15) is 39.6 Å². The molecule has 3 rings (SSSR count). The van der Waals surface area contributed by atoms with Crippen molar-refractivity contribution in [3.05, 3.63) is 0 Å². The second kappa shape index (κ2) is 9.08. The first kappa shape index (κ1) is 25.8. The Kier molecular flexibility index (Phi) is 6.89. The number of likely N-dealkylation sites (N-methyl/N-ethyl adjacent to an activating group) is 1. The molecule has 34 heavy (non-hydrogen) atoms. The number of nitriles is 1. The van der Waals surface area contributed by atoms with Crippen LogP contribution in [-0.2, 0) is 14.4 Å². The van der Waals surface area contributed by atoms with Crippen LogP contribution in [0.2, 0.25) is 0 Å². The summed E-state index contributed by atoms with van der Waals surface area (Å²) in [6.45, 7) is 3.52. The molecule has 0 aliphatic carbocycles. The van der Waals surface area contributed by atoms with Gasteiger partial charge < -0.3 is 36.0 Å². The zero-order chi connectivity index (χ0) is 25.6. The molecule has 3 fully saturated rings. The number of piperidine rings is 1. The van der Waals surface area contributed by atoms with Gasteiger partial charge in [-0.15, -0.1) is 0 Å². The highest BCUT2D eigenvalue weighted by Crippen LogP contribution is 2.45. The minimum Gasteiger partial charge on any atom is -0.354 e. The summed E-state index contributed by atoms with van der Waals surface area (Å²) < 4.78 is 0. The van der Waals surface area contributed by atoms with E-state index in [1.165, 1.54) is 11.0 Å². The first-order chi connectivity index (χ1) is 15.8. The largest absolute Gasteiger partial charge is 0.354 e. The molecule has 3 aliphatic heterocycles. The van der Waals surface area contributed by atoms with E-state index in [0.29, 0.717) is 17.7 Å². The number of carbonyl (C=O) groups is 4. The van der Waals surface area contributed by atoms with Crippen molar-refractivity contribution in [3.8, 4) is 6.07 Å². The summed E-state index contributed by atoms with van der Waals surface area (Å²) in [5, 5.41) is 55.0. The van der Waals surface area contributed by atoms with Crippen LogP contribution in [0.5, 0.6) is 0 Å². The Morgan fingerprint density at radius 2 is 2.06 bits per heavy atom. The minimum atomic E-state index is -2.96. The average molecular weight is 482 g/mol. The van der Waals surface area contributed by atoms with Gasteiger partial charge in [-0.2, -0.15) is 5.26 Å². The minimum absolute atomic E-state index is 0.0888. The van der Waals surface area contributed by atoms with Crippen LogP contribution in [0.1, 0.15) is 33.1 Å². The molecule has 14 nitrogen and oxygen atoms in total. The Morgan fingerprint density at radius 3 is 2.62 bits per heavy atom. The Hall–Kier alpha value is -2.83. The predicted octanol–water partition coefficient (Wildman–Crippen LogP) is -3.21. The van der Waals surface area contributed by atoms with Crippen LogP contribution in [0.25, 0.3) is 0 Å². The van der Waals surface area contributed by atoms with Crippen LogP contribution < -0.4 is 10.6 Å². The highest BCUT2D eigenvalue weighted by molar-refractivity contribution is 6.23. The quantitative estimate of drug-likeness (QED) is 0.0704. The smallest absolute Gasteiger partial charge is 0.320 e. The number of hydrogen-bond donors (Lipinski definition) is 6. The van der Waals surface area contributed by atoms with Crippen molar-refractivity contribution in [3.63, 3.8) is 0 Å². The lowest BCUT2D eigenvalue weighted by Crippen LogP contribution is -2.69. The molecule has 0 aromatic heterocycles. The summed E-state index contributed by atoms with van der Waals surface area (Å²) in [6.07, 6.45) is -1.42. The lowest BCUT2D eigenvalue weighted by molar-refractivity contribution is -0.310. The van der Waals surface area contributed by atoms with Crippen LogP contribution in [0.3, 0.4) is 0 Å². The Bertz CT molecular complexity index is 904. The van der Waals surface area contributed by atoms with Gasteiger partial charge in [-0.25, -0.2) is 4.79 Å². The third kappa shape index (κ3) is 4.44. The SMILES string of the molecule is CCC1C(NC(=O)C=O)NC(=O)N2C1C2N(C)C1C(C)CCN(C(=O)CC(O)(O)C#N)C1(O)O. The van der Waals surface area contributed by atoms with E-state index in [2.05, 4.69) is 10.6 Å². The second-order valence-corrected chi connectivity index (χ2v) is 9.15. The van der Waals surface area contributed by atoms with Crippen molar-refractivity contribution in [1.29, 1.82) is 5.26 Å². The highest BCUT2D eigenvalue weighted by atomic mass is 16.5. The second-order valence-electron chi connectivity index (χ2n) is 9.15. The number of hydrogen-bond acceptors (Lipinski definition) is 10. The number of nitrogens with one attached hydrogen (secondary N) is 2. The van der Waals surface area contributed by atoms with Crippen molar-refractivity contribution in [1.82, 2.24) is 25.3 Å². The number of fused-ring (bicyclic) bond motifs is 1. The van der Waals surface area contributed by atoms with Crippen LogP contribution in [0.15, 0.2) is 0 Å². The molecule has 14 heteroatoms. The third-order valence-electron chi connectivity index (χ3n) is 6.95. The molecule has 6 N–H and O–H groups in total. The van der Waals surface area contributed by atoms with Crippen molar-refractivity contribution >= 4 is 24.1 Å². The predicted molar refractivity (Wildman–Crippen MR) is 111 cm³/mol. The Morgan fingerprint density at radius 1 is 1.41 bits per heavy atom. The van der Waals surface area contributed by atoms with E-state index in [1.807, 2.05) is 6.92 Å². The molecule has 3 saturated heterocycles. The number of likely N-dealkylation sites (tertiary alicyclic amines) is 1. The normalized spacial score (nSPS) is 32.4. The van der Waals surface area contributed by atoms with Gasteiger partial charge in [-0.05, 0) is 25.8 Å². The van der Waals surface area contributed by atoms with Gasteiger partial charge >= 0.3 is 6.03 Å². The molecular formula is C20H30N6O8. The molecule has 3 aliphatic rings. The fourth-order valence-corrected chi connectivity index (χ4v) is 5.37. The molecule has 0 spiro atoms. The number of urea groups is 1. The van der Waals surface area contributed by atoms with Gasteiger partial charge in [-0.3, -0.25) is 24.2 Å². The lowest BCUT2D eigenvalue weighted by atomic mass is 9.87. The third-order valence-corrected chi connectivity index (χ3v) is 6.95. The highest BCUT2D eigenvalue weighted by Gasteiger charge is 2.65. The number of nitrogens with zero attached hydrogens (tertiary/aromatic N) is 4. The van der Waals surface area contributed by atoms with Gasteiger partial charge in [0.15, 0.2) is 0 Å². The number of aliphatic hydroxyl groups is 4. The maximum atomic E-state index is 12.7. The summed E-state index contributed by atoms with van der Waals surface area (Å²) in [5.41, 5.74) is 0. The first-order valence-electron chi connectivity index (χ1n) is 11.0. The van der Waals surface area contributed by atoms with Crippen molar-refractivity contribution in [2.75, 3.05) is 13.6 Å². The van der Waals surface area contributed by atoms with E-state index in [-0.39, 0.29) is 24.7 Å². The molecule has 0 radical (unpaired) electrons. The van der Waals surface area contributed by atoms with Gasteiger partial charge in [0.25, 0.3) is 17.6 Å². The summed E-state index contributed by atoms with van der Waals surface area (Å²) in [6, 6.07) is -0.791. The fourth-order valence-electron chi connectivity index (χ4n) is 5.37. The van der Waals surface area contributed by atoms with E-state index in [1.54, 1.807) is 18.9 Å².